The molecule has 0 fully saturated rings. The fourth-order valence-electron chi connectivity index (χ4n) is 3.32. The molecule has 0 saturated heterocycles. The quantitative estimate of drug-likeness (QED) is 0.631. The molecular formula is C20H24S. The Morgan fingerprint density at radius 1 is 0.952 bits per heavy atom. The molecule has 0 spiro atoms. The van der Waals surface area contributed by atoms with E-state index in [4.69, 9.17) is 0 Å². The molecule has 4 bridgehead atoms. The zero-order valence-electron chi connectivity index (χ0n) is 13.0. The average Bonchev–Trinajstić information content (AvgIpc) is 2.47. The number of hydrogen-bond acceptors (Lipinski definition) is 1. The summed E-state index contributed by atoms with van der Waals surface area (Å²) >= 11 is 2.01. The Labute approximate surface area is 133 Å². The second-order valence-corrected chi connectivity index (χ2v) is 7.51. The third-order valence-electron chi connectivity index (χ3n) is 4.32. The summed E-state index contributed by atoms with van der Waals surface area (Å²) in [5, 5.41) is 0. The van der Waals surface area contributed by atoms with Crippen LogP contribution in [0.1, 0.15) is 49.3 Å². The van der Waals surface area contributed by atoms with Crippen LogP contribution in [-0.4, -0.2) is 5.75 Å². The van der Waals surface area contributed by atoms with E-state index in [1.54, 1.807) is 0 Å². The predicted octanol–water partition coefficient (Wildman–Crippen LogP) is 5.90. The Kier molecular flexibility index (Phi) is 4.70. The van der Waals surface area contributed by atoms with Gasteiger partial charge in [-0.1, -0.05) is 50.2 Å². The minimum Gasteiger partial charge on any atom is -0.126 e. The van der Waals surface area contributed by atoms with E-state index >= 15 is 0 Å². The van der Waals surface area contributed by atoms with Crippen LogP contribution in [0.4, 0.5) is 0 Å². The molecular weight excluding hydrogens is 272 g/mol. The van der Waals surface area contributed by atoms with Crippen molar-refractivity contribution >= 4 is 11.8 Å². The van der Waals surface area contributed by atoms with Gasteiger partial charge in [0.2, 0.25) is 0 Å². The van der Waals surface area contributed by atoms with Gasteiger partial charge in [-0.3, -0.25) is 0 Å². The summed E-state index contributed by atoms with van der Waals surface area (Å²) in [4.78, 5) is 1.43. The molecule has 0 radical (unpaired) electrons. The largest absolute Gasteiger partial charge is 0.126 e. The lowest BCUT2D eigenvalue weighted by Crippen LogP contribution is -2.09. The van der Waals surface area contributed by atoms with Crippen LogP contribution in [0.25, 0.3) is 0 Å². The molecule has 3 rings (SSSR count). The van der Waals surface area contributed by atoms with Gasteiger partial charge in [0.1, 0.15) is 0 Å². The van der Waals surface area contributed by atoms with Crippen LogP contribution in [0.5, 0.6) is 0 Å². The van der Waals surface area contributed by atoms with Crippen molar-refractivity contribution in [1.82, 2.24) is 0 Å². The molecule has 21 heavy (non-hydrogen) atoms. The first kappa shape index (κ1) is 14.7. The molecule has 2 aromatic rings. The highest BCUT2D eigenvalue weighted by Crippen LogP contribution is 2.35. The monoisotopic (exact) mass is 296 g/mol. The van der Waals surface area contributed by atoms with Crippen molar-refractivity contribution in [2.24, 2.45) is 5.92 Å². The lowest BCUT2D eigenvalue weighted by atomic mass is 9.82. The van der Waals surface area contributed by atoms with E-state index in [0.29, 0.717) is 11.8 Å². The topological polar surface area (TPSA) is 0 Å². The van der Waals surface area contributed by atoms with Crippen LogP contribution in [0.3, 0.4) is 0 Å². The summed E-state index contributed by atoms with van der Waals surface area (Å²) in [5.41, 5.74) is 4.44. The second-order valence-electron chi connectivity index (χ2n) is 6.34. The van der Waals surface area contributed by atoms with Gasteiger partial charge in [-0.15, -0.1) is 11.8 Å². The molecule has 2 aromatic carbocycles. The van der Waals surface area contributed by atoms with Gasteiger partial charge in [-0.2, -0.15) is 0 Å². The summed E-state index contributed by atoms with van der Waals surface area (Å²) in [6.07, 6.45) is 3.81. The van der Waals surface area contributed by atoms with Gasteiger partial charge in [0.05, 0.1) is 0 Å². The Balaban J connectivity index is 2.08. The number of hydrogen-bond donors (Lipinski definition) is 0. The molecule has 1 atom stereocenters. The van der Waals surface area contributed by atoms with Crippen LogP contribution in [0, 0.1) is 5.92 Å². The molecule has 1 aliphatic rings. The number of rotatable bonds is 1. The molecule has 1 heteroatoms. The highest BCUT2D eigenvalue weighted by atomic mass is 32.2. The summed E-state index contributed by atoms with van der Waals surface area (Å²) in [6, 6.07) is 18.5. The molecule has 1 heterocycles. The van der Waals surface area contributed by atoms with Crippen LogP contribution < -0.4 is 0 Å². The molecule has 0 aliphatic carbocycles. The maximum Gasteiger partial charge on any atom is 0.0113 e. The Bertz CT molecular complexity index is 551. The van der Waals surface area contributed by atoms with Crippen LogP contribution in [-0.2, 0) is 6.42 Å². The van der Waals surface area contributed by atoms with Crippen molar-refractivity contribution in [3.63, 3.8) is 0 Å². The highest BCUT2D eigenvalue weighted by Gasteiger charge is 2.19. The number of benzene rings is 2. The van der Waals surface area contributed by atoms with Crippen molar-refractivity contribution in [1.29, 1.82) is 0 Å². The van der Waals surface area contributed by atoms with Crippen LogP contribution in [0.2, 0.25) is 0 Å². The Morgan fingerprint density at radius 3 is 2.52 bits per heavy atom. The molecule has 1 unspecified atom stereocenters. The van der Waals surface area contributed by atoms with E-state index in [2.05, 4.69) is 62.4 Å². The zero-order valence-corrected chi connectivity index (χ0v) is 13.8. The third kappa shape index (κ3) is 3.52. The van der Waals surface area contributed by atoms with E-state index in [-0.39, 0.29) is 0 Å². The zero-order chi connectivity index (χ0) is 14.7. The van der Waals surface area contributed by atoms with Gasteiger partial charge < -0.3 is 0 Å². The van der Waals surface area contributed by atoms with Gasteiger partial charge >= 0.3 is 0 Å². The molecule has 0 nitrogen and oxygen atoms in total. The minimum atomic E-state index is 0.505. The fraction of sp³-hybridized carbons (Fsp3) is 0.400. The smallest absolute Gasteiger partial charge is 0.0113 e. The summed E-state index contributed by atoms with van der Waals surface area (Å²) < 4.78 is 0. The van der Waals surface area contributed by atoms with Crippen molar-refractivity contribution in [3.8, 4) is 0 Å². The number of aryl methyl sites for hydroxylation is 1. The molecule has 110 valence electrons. The van der Waals surface area contributed by atoms with E-state index in [0.717, 1.165) is 0 Å². The molecule has 1 aliphatic heterocycles. The first-order valence-electron chi connectivity index (χ1n) is 8.05. The van der Waals surface area contributed by atoms with Crippen LogP contribution >= 0.6 is 11.8 Å². The standard InChI is InChI=1S/C20H24S/c1-15(2)20-17-9-5-8-16(13-17)7-3-4-12-21-19-11-6-10-18(20)14-19/h5-6,8-11,13-15,20H,3-4,7,12H2,1-2H3. The lowest BCUT2D eigenvalue weighted by molar-refractivity contribution is 0.562. The average molecular weight is 296 g/mol. The second kappa shape index (κ2) is 6.70. The highest BCUT2D eigenvalue weighted by molar-refractivity contribution is 7.99. The first-order valence-corrected chi connectivity index (χ1v) is 9.04. The predicted molar refractivity (Wildman–Crippen MR) is 93.2 cm³/mol. The van der Waals surface area contributed by atoms with E-state index in [1.807, 2.05) is 11.8 Å². The van der Waals surface area contributed by atoms with Gasteiger partial charge in [0.15, 0.2) is 0 Å². The number of thioether (sulfide) groups is 1. The Hall–Kier alpha value is -1.21. The van der Waals surface area contributed by atoms with E-state index in [9.17, 15) is 0 Å². The van der Waals surface area contributed by atoms with Gasteiger partial charge in [-0.25, -0.2) is 0 Å². The molecule has 0 aromatic heterocycles. The fourth-order valence-corrected chi connectivity index (χ4v) is 4.30. The SMILES string of the molecule is CC(C)C1c2cccc(c2)CCCCSc2cccc1c2. The number of fused-ring (bicyclic) bond motifs is 4. The van der Waals surface area contributed by atoms with Crippen LogP contribution in [0.15, 0.2) is 53.4 Å². The maximum atomic E-state index is 2.44. The Morgan fingerprint density at radius 2 is 1.71 bits per heavy atom. The first-order chi connectivity index (χ1) is 10.2. The summed E-state index contributed by atoms with van der Waals surface area (Å²) in [7, 11) is 0. The summed E-state index contributed by atoms with van der Waals surface area (Å²) in [6.45, 7) is 4.67. The maximum absolute atomic E-state index is 2.44. The molecule has 0 N–H and O–H groups in total. The van der Waals surface area contributed by atoms with E-state index < -0.39 is 0 Å². The van der Waals surface area contributed by atoms with Crippen molar-refractivity contribution in [2.75, 3.05) is 5.75 Å². The van der Waals surface area contributed by atoms with E-state index in [1.165, 1.54) is 46.6 Å². The van der Waals surface area contributed by atoms with Crippen molar-refractivity contribution in [2.45, 2.75) is 43.9 Å². The third-order valence-corrected chi connectivity index (χ3v) is 5.40. The van der Waals surface area contributed by atoms with Crippen molar-refractivity contribution in [3.05, 3.63) is 65.2 Å². The van der Waals surface area contributed by atoms with Gasteiger partial charge in [0, 0.05) is 10.8 Å². The van der Waals surface area contributed by atoms with Gasteiger partial charge in [0.25, 0.3) is 0 Å². The normalized spacial score (nSPS) is 18.9. The summed E-state index contributed by atoms with van der Waals surface area (Å²) in [5.74, 6) is 2.35. The molecule has 0 amide bonds. The van der Waals surface area contributed by atoms with Crippen molar-refractivity contribution < 1.29 is 0 Å². The molecule has 0 saturated carbocycles. The van der Waals surface area contributed by atoms with Gasteiger partial charge in [-0.05, 0) is 59.8 Å². The minimum absolute atomic E-state index is 0.505. The lowest BCUT2D eigenvalue weighted by Gasteiger charge is -2.23.